The Morgan fingerprint density at radius 2 is 1.83 bits per heavy atom. The molecule has 0 radical (unpaired) electrons. The van der Waals surface area contributed by atoms with E-state index in [9.17, 15) is 14.7 Å². The van der Waals surface area contributed by atoms with Gasteiger partial charge in [-0.05, 0) is 68.9 Å². The molecule has 0 spiro atoms. The Kier molecular flexibility index (Phi) is 8.86. The van der Waals surface area contributed by atoms with Gasteiger partial charge in [0.25, 0.3) is 5.91 Å². The molecule has 1 aromatic carbocycles. The highest BCUT2D eigenvalue weighted by atomic mass is 32.1. The molecule has 1 saturated carbocycles. The van der Waals surface area contributed by atoms with Crippen molar-refractivity contribution in [3.05, 3.63) is 58.3 Å². The van der Waals surface area contributed by atoms with Crippen molar-refractivity contribution in [3.63, 3.8) is 0 Å². The van der Waals surface area contributed by atoms with Crippen LogP contribution in [-0.4, -0.2) is 58.6 Å². The van der Waals surface area contributed by atoms with Crippen LogP contribution in [0.1, 0.15) is 68.8 Å². The zero-order valence-electron chi connectivity index (χ0n) is 21.8. The summed E-state index contributed by atoms with van der Waals surface area (Å²) in [4.78, 5) is 28.5. The minimum atomic E-state index is -0.808. The van der Waals surface area contributed by atoms with Crippen LogP contribution < -0.4 is 10.6 Å². The lowest BCUT2D eigenvalue weighted by Crippen LogP contribution is -2.60. The molecule has 0 unspecified atom stereocenters. The van der Waals surface area contributed by atoms with Crippen LogP contribution in [0.4, 0.5) is 0 Å². The van der Waals surface area contributed by atoms with E-state index in [1.807, 2.05) is 61.9 Å². The standard InChI is InChI=1S/C29H41N3O3S/c1-29(2,3)31-28(35)25-16-21-11-7-8-12-22(21)17-32(25)18-26(33)24(15-20-9-5-4-6-10-20)30-27(34)23-13-14-36-19-23/h4-6,9-10,13-14,19,21-22,24-26,33H,7-8,11-12,15-18H2,1-3H3,(H,30,34)(H,31,35)/t21-,22+,24-,25-,26+/m0/s1. The maximum Gasteiger partial charge on any atom is 0.252 e. The highest BCUT2D eigenvalue weighted by molar-refractivity contribution is 7.08. The number of aliphatic hydroxyl groups excluding tert-OH is 1. The molecule has 0 bridgehead atoms. The monoisotopic (exact) mass is 511 g/mol. The van der Waals surface area contributed by atoms with Gasteiger partial charge in [-0.15, -0.1) is 0 Å². The van der Waals surface area contributed by atoms with Crippen LogP contribution in [-0.2, 0) is 11.2 Å². The number of thiophene rings is 1. The van der Waals surface area contributed by atoms with Gasteiger partial charge in [-0.25, -0.2) is 0 Å². The number of nitrogens with zero attached hydrogens (tertiary/aromatic N) is 1. The first kappa shape index (κ1) is 26.8. The first-order valence-corrected chi connectivity index (χ1v) is 14.2. The molecule has 1 saturated heterocycles. The largest absolute Gasteiger partial charge is 0.390 e. The number of carbonyl (C=O) groups excluding carboxylic acids is 2. The average Bonchev–Trinajstić information content (AvgIpc) is 3.38. The van der Waals surface area contributed by atoms with E-state index in [-0.39, 0.29) is 23.4 Å². The van der Waals surface area contributed by atoms with Gasteiger partial charge in [-0.2, -0.15) is 11.3 Å². The predicted molar refractivity (Wildman–Crippen MR) is 145 cm³/mol. The van der Waals surface area contributed by atoms with E-state index in [2.05, 4.69) is 15.5 Å². The number of piperidine rings is 1. The second-order valence-corrected chi connectivity index (χ2v) is 12.4. The number of β-amino-alcohol motifs (C(OH)–C–C–N with tert-alkyl or cyclic N) is 1. The molecule has 1 aromatic heterocycles. The summed E-state index contributed by atoms with van der Waals surface area (Å²) in [6.07, 6.45) is 5.41. The van der Waals surface area contributed by atoms with Crippen LogP contribution in [0.2, 0.25) is 0 Å². The topological polar surface area (TPSA) is 81.7 Å². The van der Waals surface area contributed by atoms with Crippen molar-refractivity contribution in [1.29, 1.82) is 0 Å². The number of benzene rings is 1. The number of nitrogens with one attached hydrogen (secondary N) is 2. The molecule has 1 aliphatic heterocycles. The summed E-state index contributed by atoms with van der Waals surface area (Å²) in [5, 5.41) is 21.5. The van der Waals surface area contributed by atoms with Crippen molar-refractivity contribution in [2.24, 2.45) is 11.8 Å². The zero-order valence-corrected chi connectivity index (χ0v) is 22.6. The smallest absolute Gasteiger partial charge is 0.252 e. The summed E-state index contributed by atoms with van der Waals surface area (Å²) in [5.74, 6) is 1.00. The zero-order chi connectivity index (χ0) is 25.7. The summed E-state index contributed by atoms with van der Waals surface area (Å²) in [7, 11) is 0. The van der Waals surface area contributed by atoms with Gasteiger partial charge >= 0.3 is 0 Å². The number of aliphatic hydroxyl groups is 1. The van der Waals surface area contributed by atoms with Gasteiger partial charge in [0.1, 0.15) is 0 Å². The Labute approximate surface area is 219 Å². The summed E-state index contributed by atoms with van der Waals surface area (Å²) in [6, 6.07) is 11.0. The maximum absolute atomic E-state index is 13.4. The molecule has 2 aliphatic rings. The Hall–Kier alpha value is -2.22. The number of rotatable bonds is 8. The minimum Gasteiger partial charge on any atom is -0.390 e. The SMILES string of the molecule is CC(C)(C)NC(=O)[C@@H]1C[C@@H]2CCCC[C@@H]2CN1C[C@@H](O)[C@H](Cc1ccccc1)NC(=O)c1ccsc1. The first-order chi connectivity index (χ1) is 17.2. The predicted octanol–water partition coefficient (Wildman–Crippen LogP) is 4.25. The normalized spacial score (nSPS) is 24.4. The lowest BCUT2D eigenvalue weighted by Gasteiger charge is -2.47. The number of carbonyl (C=O) groups is 2. The van der Waals surface area contributed by atoms with Gasteiger partial charge in [0.05, 0.1) is 18.2 Å². The van der Waals surface area contributed by atoms with Gasteiger partial charge in [0, 0.05) is 29.6 Å². The fourth-order valence-electron chi connectivity index (χ4n) is 5.79. The van der Waals surface area contributed by atoms with Gasteiger partial charge in [0.15, 0.2) is 0 Å². The number of fused-ring (bicyclic) bond motifs is 1. The van der Waals surface area contributed by atoms with Gasteiger partial charge in [-0.3, -0.25) is 14.5 Å². The Morgan fingerprint density at radius 1 is 1.11 bits per heavy atom. The quantitative estimate of drug-likeness (QED) is 0.495. The number of hydrogen-bond donors (Lipinski definition) is 3. The van der Waals surface area contributed by atoms with Crippen LogP contribution in [0.3, 0.4) is 0 Å². The third-order valence-corrected chi connectivity index (χ3v) is 8.27. The number of likely N-dealkylation sites (tertiary alicyclic amines) is 1. The molecule has 2 amide bonds. The number of hydrogen-bond acceptors (Lipinski definition) is 5. The van der Waals surface area contributed by atoms with Crippen LogP contribution >= 0.6 is 11.3 Å². The van der Waals surface area contributed by atoms with Gasteiger partial charge < -0.3 is 15.7 Å². The van der Waals surface area contributed by atoms with Crippen LogP contribution in [0.5, 0.6) is 0 Å². The Bertz CT molecular complexity index is 989. The summed E-state index contributed by atoms with van der Waals surface area (Å²) >= 11 is 1.48. The molecule has 1 aliphatic carbocycles. The first-order valence-electron chi connectivity index (χ1n) is 13.3. The van der Waals surface area contributed by atoms with E-state index in [0.717, 1.165) is 18.5 Å². The molecule has 2 aromatic rings. The van der Waals surface area contributed by atoms with E-state index in [0.29, 0.717) is 30.4 Å². The Balaban J connectivity index is 1.52. The maximum atomic E-state index is 13.4. The van der Waals surface area contributed by atoms with Crippen LogP contribution in [0.25, 0.3) is 0 Å². The average molecular weight is 512 g/mol. The van der Waals surface area contributed by atoms with E-state index < -0.39 is 12.1 Å². The summed E-state index contributed by atoms with van der Waals surface area (Å²) in [6.45, 7) is 7.19. The van der Waals surface area contributed by atoms with Crippen molar-refractivity contribution in [3.8, 4) is 0 Å². The summed E-state index contributed by atoms with van der Waals surface area (Å²) < 4.78 is 0. The van der Waals surface area contributed by atoms with Gasteiger partial charge in [-0.1, -0.05) is 49.6 Å². The molecule has 7 heteroatoms. The third-order valence-electron chi connectivity index (χ3n) is 7.59. The molecule has 196 valence electrons. The molecule has 3 N–H and O–H groups in total. The molecule has 2 fully saturated rings. The van der Waals surface area contributed by atoms with Crippen molar-refractivity contribution in [1.82, 2.24) is 15.5 Å². The minimum absolute atomic E-state index is 0.0423. The Morgan fingerprint density at radius 3 is 2.50 bits per heavy atom. The van der Waals surface area contributed by atoms with Crippen molar-refractivity contribution >= 4 is 23.2 Å². The van der Waals surface area contributed by atoms with Gasteiger partial charge in [0.2, 0.25) is 5.91 Å². The lowest BCUT2D eigenvalue weighted by molar-refractivity contribution is -0.132. The second kappa shape index (κ2) is 11.9. The fraction of sp³-hybridized carbons (Fsp3) is 0.586. The molecule has 6 nitrogen and oxygen atoms in total. The van der Waals surface area contributed by atoms with E-state index in [1.165, 1.54) is 37.0 Å². The summed E-state index contributed by atoms with van der Waals surface area (Å²) in [5.41, 5.74) is 1.35. The molecule has 2 heterocycles. The van der Waals surface area contributed by atoms with Crippen LogP contribution in [0, 0.1) is 11.8 Å². The fourth-order valence-corrected chi connectivity index (χ4v) is 6.43. The van der Waals surface area contributed by atoms with Crippen molar-refractivity contribution in [2.75, 3.05) is 13.1 Å². The second-order valence-electron chi connectivity index (χ2n) is 11.6. The molecular formula is C29H41N3O3S. The van der Waals surface area contributed by atoms with E-state index in [1.54, 1.807) is 6.07 Å². The molecule has 5 atom stereocenters. The van der Waals surface area contributed by atoms with Crippen molar-refractivity contribution < 1.29 is 14.7 Å². The van der Waals surface area contributed by atoms with Crippen LogP contribution in [0.15, 0.2) is 47.2 Å². The highest BCUT2D eigenvalue weighted by Gasteiger charge is 2.41. The number of amides is 2. The molecular weight excluding hydrogens is 470 g/mol. The lowest BCUT2D eigenvalue weighted by atomic mass is 9.72. The molecule has 36 heavy (non-hydrogen) atoms. The van der Waals surface area contributed by atoms with E-state index in [4.69, 9.17) is 0 Å². The molecule has 4 rings (SSSR count). The third kappa shape index (κ3) is 7.17. The van der Waals surface area contributed by atoms with Crippen molar-refractivity contribution in [2.45, 2.75) is 83.0 Å². The highest BCUT2D eigenvalue weighted by Crippen LogP contribution is 2.39. The van der Waals surface area contributed by atoms with E-state index >= 15 is 0 Å².